The molecule has 0 aromatic heterocycles. The summed E-state index contributed by atoms with van der Waals surface area (Å²) >= 11 is 7.49. The Balaban J connectivity index is 1.86. The second-order valence-corrected chi connectivity index (χ2v) is 6.71. The number of hydrogen-bond donors (Lipinski definition) is 0. The average molecular weight is 392 g/mol. The number of benzene rings is 1. The van der Waals surface area contributed by atoms with Crippen molar-refractivity contribution in [2.75, 3.05) is 26.4 Å². The first-order valence-corrected chi connectivity index (χ1v) is 8.27. The highest BCUT2D eigenvalue weighted by Crippen LogP contribution is 2.44. The van der Waals surface area contributed by atoms with Gasteiger partial charge in [0, 0.05) is 22.5 Å². The highest BCUT2D eigenvalue weighted by atomic mass is 79.9. The van der Waals surface area contributed by atoms with Gasteiger partial charge < -0.3 is 14.2 Å². The molecule has 0 spiro atoms. The highest BCUT2D eigenvalue weighted by Gasteiger charge is 2.26. The number of fused-ring (bicyclic) bond motifs is 1. The van der Waals surface area contributed by atoms with Crippen LogP contribution in [0.3, 0.4) is 0 Å². The van der Waals surface area contributed by atoms with Crippen molar-refractivity contribution in [3.63, 3.8) is 0 Å². The first kappa shape index (κ1) is 13.7. The van der Waals surface area contributed by atoms with Crippen LogP contribution in [-0.2, 0) is 4.74 Å². The number of rotatable bonds is 2. The van der Waals surface area contributed by atoms with Crippen molar-refractivity contribution in [1.29, 1.82) is 0 Å². The van der Waals surface area contributed by atoms with Gasteiger partial charge in [0.2, 0.25) is 0 Å². The van der Waals surface area contributed by atoms with Gasteiger partial charge in [0.15, 0.2) is 11.5 Å². The minimum Gasteiger partial charge on any atom is -0.486 e. The van der Waals surface area contributed by atoms with Gasteiger partial charge in [-0.25, -0.2) is 0 Å². The zero-order valence-corrected chi connectivity index (χ0v) is 13.7. The summed E-state index contributed by atoms with van der Waals surface area (Å²) in [5.41, 5.74) is 1.23. The molecule has 0 N–H and O–H groups in total. The van der Waals surface area contributed by atoms with Crippen LogP contribution in [0.25, 0.3) is 0 Å². The van der Waals surface area contributed by atoms with E-state index < -0.39 is 0 Å². The third-order valence-electron chi connectivity index (χ3n) is 3.64. The van der Waals surface area contributed by atoms with Crippen molar-refractivity contribution < 1.29 is 14.2 Å². The van der Waals surface area contributed by atoms with Crippen molar-refractivity contribution in [2.45, 2.75) is 17.7 Å². The summed E-state index contributed by atoms with van der Waals surface area (Å²) < 4.78 is 17.8. The Morgan fingerprint density at radius 3 is 2.32 bits per heavy atom. The van der Waals surface area contributed by atoms with E-state index in [9.17, 15) is 0 Å². The number of halogens is 2. The van der Waals surface area contributed by atoms with Crippen molar-refractivity contribution in [3.05, 3.63) is 22.2 Å². The Hall–Kier alpha value is -0.260. The fourth-order valence-electron chi connectivity index (χ4n) is 2.55. The van der Waals surface area contributed by atoms with E-state index in [0.717, 1.165) is 42.0 Å². The van der Waals surface area contributed by atoms with Crippen molar-refractivity contribution in [2.24, 2.45) is 5.92 Å². The quantitative estimate of drug-likeness (QED) is 0.711. The molecule has 104 valence electrons. The first-order chi connectivity index (χ1) is 9.25. The second kappa shape index (κ2) is 6.02. The van der Waals surface area contributed by atoms with E-state index in [1.54, 1.807) is 0 Å². The minimum absolute atomic E-state index is 0.321. The van der Waals surface area contributed by atoms with Crippen molar-refractivity contribution in [1.82, 2.24) is 0 Å². The Bertz CT molecular complexity index is 458. The SMILES string of the molecule is Brc1cc2c(cc1C(Br)C1CCOCC1)OCCO2. The Labute approximate surface area is 129 Å². The van der Waals surface area contributed by atoms with E-state index in [1.807, 2.05) is 6.07 Å². The molecule has 1 fully saturated rings. The Morgan fingerprint density at radius 2 is 1.63 bits per heavy atom. The van der Waals surface area contributed by atoms with E-state index in [-0.39, 0.29) is 0 Å². The normalized spacial score (nSPS) is 21.2. The molecular weight excluding hydrogens is 376 g/mol. The maximum atomic E-state index is 5.67. The molecule has 1 aromatic carbocycles. The van der Waals surface area contributed by atoms with Crippen LogP contribution in [0.15, 0.2) is 16.6 Å². The third kappa shape index (κ3) is 2.93. The molecule has 1 atom stereocenters. The smallest absolute Gasteiger partial charge is 0.162 e. The van der Waals surface area contributed by atoms with E-state index in [4.69, 9.17) is 14.2 Å². The summed E-state index contributed by atoms with van der Waals surface area (Å²) in [6.45, 7) is 2.96. The van der Waals surface area contributed by atoms with Crippen LogP contribution in [0, 0.1) is 5.92 Å². The minimum atomic E-state index is 0.321. The lowest BCUT2D eigenvalue weighted by atomic mass is 9.92. The number of ether oxygens (including phenoxy) is 3. The monoisotopic (exact) mass is 390 g/mol. The molecule has 0 saturated carbocycles. The topological polar surface area (TPSA) is 27.7 Å². The fourth-order valence-corrected chi connectivity index (χ4v) is 4.34. The maximum Gasteiger partial charge on any atom is 0.162 e. The summed E-state index contributed by atoms with van der Waals surface area (Å²) in [6.07, 6.45) is 2.19. The molecule has 1 aromatic rings. The molecule has 5 heteroatoms. The van der Waals surface area contributed by atoms with Crippen LogP contribution in [-0.4, -0.2) is 26.4 Å². The van der Waals surface area contributed by atoms with Crippen LogP contribution >= 0.6 is 31.9 Å². The summed E-state index contributed by atoms with van der Waals surface area (Å²) in [5, 5.41) is 0. The maximum absolute atomic E-state index is 5.67. The summed E-state index contributed by atoms with van der Waals surface area (Å²) in [6, 6.07) is 4.10. The van der Waals surface area contributed by atoms with Crippen LogP contribution in [0.1, 0.15) is 23.2 Å². The number of hydrogen-bond acceptors (Lipinski definition) is 3. The zero-order valence-electron chi connectivity index (χ0n) is 10.5. The summed E-state index contributed by atoms with van der Waals surface area (Å²) in [4.78, 5) is 0.321. The molecule has 0 aliphatic carbocycles. The molecule has 0 amide bonds. The van der Waals surface area contributed by atoms with Gasteiger partial charge in [-0.15, -0.1) is 0 Å². The van der Waals surface area contributed by atoms with Gasteiger partial charge >= 0.3 is 0 Å². The molecule has 2 heterocycles. The lowest BCUT2D eigenvalue weighted by Gasteiger charge is -2.28. The molecular formula is C14H16Br2O3. The zero-order chi connectivity index (χ0) is 13.2. The Kier molecular flexibility index (Phi) is 4.34. The lowest BCUT2D eigenvalue weighted by Crippen LogP contribution is -2.20. The molecule has 19 heavy (non-hydrogen) atoms. The van der Waals surface area contributed by atoms with E-state index in [0.29, 0.717) is 24.0 Å². The summed E-state index contributed by atoms with van der Waals surface area (Å²) in [7, 11) is 0. The largest absolute Gasteiger partial charge is 0.486 e. The molecule has 0 bridgehead atoms. The molecule has 1 unspecified atom stereocenters. The second-order valence-electron chi connectivity index (χ2n) is 4.87. The highest BCUT2D eigenvalue weighted by molar-refractivity contribution is 9.11. The Morgan fingerprint density at radius 1 is 1.00 bits per heavy atom. The molecule has 2 aliphatic heterocycles. The van der Waals surface area contributed by atoms with E-state index in [2.05, 4.69) is 37.9 Å². The number of alkyl halides is 1. The first-order valence-electron chi connectivity index (χ1n) is 6.56. The molecule has 0 radical (unpaired) electrons. The van der Waals surface area contributed by atoms with Gasteiger partial charge in [0.25, 0.3) is 0 Å². The van der Waals surface area contributed by atoms with Crippen LogP contribution in [0.4, 0.5) is 0 Å². The fraction of sp³-hybridized carbons (Fsp3) is 0.571. The van der Waals surface area contributed by atoms with Gasteiger partial charge in [-0.05, 0) is 36.5 Å². The molecule has 3 nitrogen and oxygen atoms in total. The van der Waals surface area contributed by atoms with Crippen LogP contribution in [0.5, 0.6) is 11.5 Å². The van der Waals surface area contributed by atoms with E-state index in [1.165, 1.54) is 5.56 Å². The van der Waals surface area contributed by atoms with Gasteiger partial charge in [0.1, 0.15) is 13.2 Å². The molecule has 2 aliphatic rings. The van der Waals surface area contributed by atoms with Crippen molar-refractivity contribution >= 4 is 31.9 Å². The predicted molar refractivity (Wildman–Crippen MR) is 80.3 cm³/mol. The van der Waals surface area contributed by atoms with Crippen LogP contribution in [0.2, 0.25) is 0 Å². The third-order valence-corrected chi connectivity index (χ3v) is 5.57. The van der Waals surface area contributed by atoms with Crippen LogP contribution < -0.4 is 9.47 Å². The average Bonchev–Trinajstić information content (AvgIpc) is 2.47. The molecule has 3 rings (SSSR count). The van der Waals surface area contributed by atoms with E-state index >= 15 is 0 Å². The van der Waals surface area contributed by atoms with Gasteiger partial charge in [0.05, 0.1) is 0 Å². The van der Waals surface area contributed by atoms with Gasteiger partial charge in [-0.1, -0.05) is 31.9 Å². The van der Waals surface area contributed by atoms with Crippen molar-refractivity contribution in [3.8, 4) is 11.5 Å². The standard InChI is InChI=1S/C14H16Br2O3/c15-11-8-13-12(18-5-6-19-13)7-10(11)14(16)9-1-3-17-4-2-9/h7-9,14H,1-6H2. The van der Waals surface area contributed by atoms with Gasteiger partial charge in [-0.3, -0.25) is 0 Å². The lowest BCUT2D eigenvalue weighted by molar-refractivity contribution is 0.0661. The van der Waals surface area contributed by atoms with Gasteiger partial charge in [-0.2, -0.15) is 0 Å². The summed E-state index contributed by atoms with van der Waals surface area (Å²) in [5.74, 6) is 2.28. The predicted octanol–water partition coefficient (Wildman–Crippen LogP) is 4.08. The molecule has 1 saturated heterocycles.